The van der Waals surface area contributed by atoms with Crippen molar-refractivity contribution in [2.45, 2.75) is 0 Å². The number of esters is 1. The summed E-state index contributed by atoms with van der Waals surface area (Å²) in [5.74, 6) is 2.25. The lowest BCUT2D eigenvalue weighted by Crippen LogP contribution is -2.02. The lowest BCUT2D eigenvalue weighted by atomic mass is 10.00. The summed E-state index contributed by atoms with van der Waals surface area (Å²) in [5, 5.41) is 1.72. The zero-order valence-corrected chi connectivity index (χ0v) is 8.86. The lowest BCUT2D eigenvalue weighted by molar-refractivity contribution is 0.0603. The SMILES string of the molecule is C#Cc1ccc(C(=O)OC)c2ccccc12. The average molecular weight is 210 g/mol. The van der Waals surface area contributed by atoms with Gasteiger partial charge in [0, 0.05) is 5.56 Å². The number of methoxy groups -OCH3 is 1. The summed E-state index contributed by atoms with van der Waals surface area (Å²) >= 11 is 0. The van der Waals surface area contributed by atoms with Gasteiger partial charge in [0.1, 0.15) is 0 Å². The van der Waals surface area contributed by atoms with Crippen molar-refractivity contribution in [3.63, 3.8) is 0 Å². The van der Waals surface area contributed by atoms with E-state index in [9.17, 15) is 4.79 Å². The molecular weight excluding hydrogens is 200 g/mol. The van der Waals surface area contributed by atoms with Gasteiger partial charge < -0.3 is 4.74 Å². The molecule has 0 saturated heterocycles. The minimum Gasteiger partial charge on any atom is -0.465 e. The van der Waals surface area contributed by atoms with Gasteiger partial charge in [0.25, 0.3) is 0 Å². The Labute approximate surface area is 93.8 Å². The Morgan fingerprint density at radius 1 is 1.19 bits per heavy atom. The molecule has 0 unspecified atom stereocenters. The number of fused-ring (bicyclic) bond motifs is 1. The van der Waals surface area contributed by atoms with Crippen molar-refractivity contribution < 1.29 is 9.53 Å². The second-order valence-corrected chi connectivity index (χ2v) is 3.34. The Morgan fingerprint density at radius 3 is 2.50 bits per heavy atom. The fourth-order valence-corrected chi connectivity index (χ4v) is 1.71. The molecule has 2 nitrogen and oxygen atoms in total. The Balaban J connectivity index is 2.81. The topological polar surface area (TPSA) is 26.3 Å². The zero-order chi connectivity index (χ0) is 11.5. The molecule has 0 fully saturated rings. The molecule has 2 aromatic rings. The second-order valence-electron chi connectivity index (χ2n) is 3.34. The highest BCUT2D eigenvalue weighted by molar-refractivity contribution is 6.06. The third kappa shape index (κ3) is 1.53. The quantitative estimate of drug-likeness (QED) is 0.534. The maximum absolute atomic E-state index is 11.6. The highest BCUT2D eigenvalue weighted by Gasteiger charge is 2.11. The van der Waals surface area contributed by atoms with Crippen molar-refractivity contribution in [3.8, 4) is 12.3 Å². The fourth-order valence-electron chi connectivity index (χ4n) is 1.71. The van der Waals surface area contributed by atoms with Crippen LogP contribution in [-0.2, 0) is 4.74 Å². The number of hydrogen-bond acceptors (Lipinski definition) is 2. The van der Waals surface area contributed by atoms with E-state index in [0.717, 1.165) is 16.3 Å². The van der Waals surface area contributed by atoms with Crippen molar-refractivity contribution in [3.05, 3.63) is 47.5 Å². The van der Waals surface area contributed by atoms with E-state index in [1.165, 1.54) is 7.11 Å². The lowest BCUT2D eigenvalue weighted by Gasteiger charge is -2.06. The largest absolute Gasteiger partial charge is 0.465 e. The van der Waals surface area contributed by atoms with Crippen molar-refractivity contribution >= 4 is 16.7 Å². The number of rotatable bonds is 1. The molecule has 0 N–H and O–H groups in total. The van der Waals surface area contributed by atoms with Gasteiger partial charge in [-0.05, 0) is 22.9 Å². The molecule has 0 aromatic heterocycles. The fraction of sp³-hybridized carbons (Fsp3) is 0.0714. The molecule has 78 valence electrons. The molecule has 0 atom stereocenters. The molecule has 0 heterocycles. The summed E-state index contributed by atoms with van der Waals surface area (Å²) in [4.78, 5) is 11.6. The van der Waals surface area contributed by atoms with Crippen LogP contribution in [0.5, 0.6) is 0 Å². The third-order valence-corrected chi connectivity index (χ3v) is 2.48. The van der Waals surface area contributed by atoms with Gasteiger partial charge in [-0.2, -0.15) is 0 Å². The Morgan fingerprint density at radius 2 is 1.88 bits per heavy atom. The first-order valence-corrected chi connectivity index (χ1v) is 4.84. The first kappa shape index (κ1) is 10.3. The molecule has 0 bridgehead atoms. The van der Waals surface area contributed by atoms with Gasteiger partial charge >= 0.3 is 5.97 Å². The predicted octanol–water partition coefficient (Wildman–Crippen LogP) is 2.61. The van der Waals surface area contributed by atoms with Crippen LogP contribution in [0.2, 0.25) is 0 Å². The van der Waals surface area contributed by atoms with Gasteiger partial charge in [0.15, 0.2) is 0 Å². The maximum Gasteiger partial charge on any atom is 0.338 e. The molecule has 2 rings (SSSR count). The molecule has 0 aliphatic rings. The number of carbonyl (C=O) groups excluding carboxylic acids is 1. The summed E-state index contributed by atoms with van der Waals surface area (Å²) in [6, 6.07) is 11.0. The predicted molar refractivity (Wildman–Crippen MR) is 63.2 cm³/mol. The zero-order valence-electron chi connectivity index (χ0n) is 8.86. The molecule has 0 spiro atoms. The number of hydrogen-bond donors (Lipinski definition) is 0. The van der Waals surface area contributed by atoms with Crippen LogP contribution in [0.3, 0.4) is 0 Å². The highest BCUT2D eigenvalue weighted by atomic mass is 16.5. The van der Waals surface area contributed by atoms with Crippen molar-refractivity contribution in [2.75, 3.05) is 7.11 Å². The second kappa shape index (κ2) is 4.08. The van der Waals surface area contributed by atoms with Gasteiger partial charge in [-0.1, -0.05) is 30.2 Å². The Hall–Kier alpha value is -2.27. The molecule has 0 aliphatic carbocycles. The molecule has 2 heteroatoms. The third-order valence-electron chi connectivity index (χ3n) is 2.48. The van der Waals surface area contributed by atoms with Crippen LogP contribution in [0.15, 0.2) is 36.4 Å². The van der Waals surface area contributed by atoms with E-state index in [1.807, 2.05) is 24.3 Å². The van der Waals surface area contributed by atoms with Crippen molar-refractivity contribution in [2.24, 2.45) is 0 Å². The van der Waals surface area contributed by atoms with Crippen molar-refractivity contribution in [1.29, 1.82) is 0 Å². The van der Waals surface area contributed by atoms with Crippen LogP contribution < -0.4 is 0 Å². The van der Waals surface area contributed by atoms with Crippen LogP contribution in [0, 0.1) is 12.3 Å². The Bertz CT molecular complexity index is 591. The summed E-state index contributed by atoms with van der Waals surface area (Å²) in [6.45, 7) is 0. The van der Waals surface area contributed by atoms with Gasteiger partial charge in [-0.25, -0.2) is 4.79 Å². The molecule has 0 radical (unpaired) electrons. The van der Waals surface area contributed by atoms with Gasteiger partial charge in [-0.3, -0.25) is 0 Å². The normalized spacial score (nSPS) is 9.75. The van der Waals surface area contributed by atoms with E-state index in [1.54, 1.807) is 12.1 Å². The van der Waals surface area contributed by atoms with Crippen LogP contribution in [-0.4, -0.2) is 13.1 Å². The van der Waals surface area contributed by atoms with Crippen LogP contribution >= 0.6 is 0 Å². The average Bonchev–Trinajstić information content (AvgIpc) is 2.36. The number of terminal acetylenes is 1. The monoisotopic (exact) mass is 210 g/mol. The molecule has 0 aliphatic heterocycles. The van der Waals surface area contributed by atoms with Gasteiger partial charge in [0.2, 0.25) is 0 Å². The number of carbonyl (C=O) groups is 1. The molecular formula is C14H10O2. The van der Waals surface area contributed by atoms with E-state index >= 15 is 0 Å². The molecule has 2 aromatic carbocycles. The summed E-state index contributed by atoms with van der Waals surface area (Å²) < 4.78 is 4.73. The summed E-state index contributed by atoms with van der Waals surface area (Å²) in [5.41, 5.74) is 1.32. The molecule has 0 amide bonds. The first-order valence-electron chi connectivity index (χ1n) is 4.84. The van der Waals surface area contributed by atoms with E-state index in [2.05, 4.69) is 5.92 Å². The van der Waals surface area contributed by atoms with Crippen LogP contribution in [0.25, 0.3) is 10.8 Å². The molecule has 16 heavy (non-hydrogen) atoms. The number of benzene rings is 2. The molecule has 0 saturated carbocycles. The summed E-state index contributed by atoms with van der Waals surface area (Å²) in [7, 11) is 1.37. The smallest absolute Gasteiger partial charge is 0.338 e. The van der Waals surface area contributed by atoms with E-state index < -0.39 is 0 Å². The first-order chi connectivity index (χ1) is 7.77. The van der Waals surface area contributed by atoms with E-state index in [4.69, 9.17) is 11.2 Å². The Kier molecular flexibility index (Phi) is 2.61. The van der Waals surface area contributed by atoms with Gasteiger partial charge in [-0.15, -0.1) is 6.42 Å². The number of ether oxygens (including phenoxy) is 1. The van der Waals surface area contributed by atoms with Gasteiger partial charge in [0.05, 0.1) is 12.7 Å². The van der Waals surface area contributed by atoms with Crippen LogP contribution in [0.4, 0.5) is 0 Å². The summed E-state index contributed by atoms with van der Waals surface area (Å²) in [6.07, 6.45) is 5.41. The van der Waals surface area contributed by atoms with E-state index in [-0.39, 0.29) is 5.97 Å². The maximum atomic E-state index is 11.6. The van der Waals surface area contributed by atoms with Crippen LogP contribution in [0.1, 0.15) is 15.9 Å². The standard InChI is InChI=1S/C14H10O2/c1-3-10-8-9-13(14(15)16-2)12-7-5-4-6-11(10)12/h1,4-9H,2H3. The minimum absolute atomic E-state index is 0.347. The van der Waals surface area contributed by atoms with Crippen molar-refractivity contribution in [1.82, 2.24) is 0 Å². The minimum atomic E-state index is -0.347. The highest BCUT2D eigenvalue weighted by Crippen LogP contribution is 2.22. The van der Waals surface area contributed by atoms with E-state index in [0.29, 0.717) is 5.56 Å².